The van der Waals surface area contributed by atoms with Crippen LogP contribution >= 0.6 is 15.9 Å². The number of carbonyl (C=O) groups excluding carboxylic acids is 2. The monoisotopic (exact) mass is 392 g/mol. The van der Waals surface area contributed by atoms with Gasteiger partial charge in [0.15, 0.2) is 6.29 Å². The van der Waals surface area contributed by atoms with E-state index in [1.807, 2.05) is 26.8 Å². The predicted octanol–water partition coefficient (Wildman–Crippen LogP) is 4.12. The topological polar surface area (TPSA) is 71.2 Å². The van der Waals surface area contributed by atoms with Crippen molar-refractivity contribution >= 4 is 39.2 Å². The number of ether oxygens (including phenoxy) is 1. The van der Waals surface area contributed by atoms with E-state index < -0.39 is 5.60 Å². The van der Waals surface area contributed by atoms with E-state index in [1.165, 1.54) is 0 Å². The van der Waals surface area contributed by atoms with Crippen LogP contribution in [-0.4, -0.2) is 29.0 Å². The summed E-state index contributed by atoms with van der Waals surface area (Å²) in [5, 5.41) is 3.99. The maximum Gasteiger partial charge on any atom is 0.407 e. The number of aromatic amines is 1. The molecule has 3 rings (SSSR count). The van der Waals surface area contributed by atoms with Gasteiger partial charge >= 0.3 is 6.09 Å². The number of H-pyrrole nitrogens is 1. The lowest BCUT2D eigenvalue weighted by Crippen LogP contribution is -2.41. The predicted molar refractivity (Wildman–Crippen MR) is 96.6 cm³/mol. The molecule has 5 nitrogen and oxygen atoms in total. The zero-order valence-corrected chi connectivity index (χ0v) is 15.6. The van der Waals surface area contributed by atoms with Crippen molar-refractivity contribution in [3.63, 3.8) is 0 Å². The number of halogens is 1. The molecule has 0 aliphatic heterocycles. The summed E-state index contributed by atoms with van der Waals surface area (Å²) in [4.78, 5) is 26.7. The van der Waals surface area contributed by atoms with E-state index >= 15 is 0 Å². The van der Waals surface area contributed by atoms with Crippen LogP contribution in [0, 0.1) is 0 Å². The SMILES string of the molecule is CC(C)(C)OC(=O)NC1CCc2[nH]c3c(C=O)ccc(Br)c3c2C1. The van der Waals surface area contributed by atoms with Gasteiger partial charge in [-0.2, -0.15) is 0 Å². The summed E-state index contributed by atoms with van der Waals surface area (Å²) in [6, 6.07) is 3.72. The minimum atomic E-state index is -0.507. The van der Waals surface area contributed by atoms with Gasteiger partial charge in [-0.3, -0.25) is 4.79 Å². The smallest absolute Gasteiger partial charge is 0.407 e. The summed E-state index contributed by atoms with van der Waals surface area (Å²) >= 11 is 3.58. The molecule has 1 amide bonds. The number of aldehydes is 1. The van der Waals surface area contributed by atoms with Crippen LogP contribution in [0.25, 0.3) is 10.9 Å². The zero-order valence-electron chi connectivity index (χ0n) is 14.0. The van der Waals surface area contributed by atoms with E-state index in [0.717, 1.165) is 52.2 Å². The molecule has 1 aromatic carbocycles. The van der Waals surface area contributed by atoms with Crippen LogP contribution in [0.2, 0.25) is 0 Å². The fraction of sp³-hybridized carbons (Fsp3) is 0.444. The number of rotatable bonds is 2. The van der Waals surface area contributed by atoms with Gasteiger partial charge in [-0.1, -0.05) is 15.9 Å². The highest BCUT2D eigenvalue weighted by Gasteiger charge is 2.27. The van der Waals surface area contributed by atoms with Crippen molar-refractivity contribution in [2.75, 3.05) is 0 Å². The molecule has 24 heavy (non-hydrogen) atoms. The first kappa shape index (κ1) is 17.0. The Labute approximate surface area is 149 Å². The summed E-state index contributed by atoms with van der Waals surface area (Å²) in [5.74, 6) is 0. The number of carbonyl (C=O) groups is 2. The van der Waals surface area contributed by atoms with Crippen LogP contribution in [0.1, 0.15) is 48.8 Å². The summed E-state index contributed by atoms with van der Waals surface area (Å²) in [6.07, 6.45) is 2.87. The minimum absolute atomic E-state index is 0.0261. The molecular formula is C18H21BrN2O3. The molecule has 0 saturated heterocycles. The summed E-state index contributed by atoms with van der Waals surface area (Å²) in [6.45, 7) is 5.55. The van der Waals surface area contributed by atoms with Gasteiger partial charge in [0, 0.05) is 27.2 Å². The Hall–Kier alpha value is -1.82. The summed E-state index contributed by atoms with van der Waals surface area (Å²) in [7, 11) is 0. The van der Waals surface area contributed by atoms with E-state index in [4.69, 9.17) is 4.74 Å². The molecule has 0 radical (unpaired) electrons. The molecule has 1 atom stereocenters. The molecule has 0 saturated carbocycles. The minimum Gasteiger partial charge on any atom is -0.444 e. The number of aromatic nitrogens is 1. The van der Waals surface area contributed by atoms with Crippen molar-refractivity contribution in [1.82, 2.24) is 10.3 Å². The van der Waals surface area contributed by atoms with Crippen LogP contribution in [0.3, 0.4) is 0 Å². The second kappa shape index (κ2) is 6.24. The van der Waals surface area contributed by atoms with Crippen molar-refractivity contribution in [1.29, 1.82) is 0 Å². The Kier molecular flexibility index (Phi) is 4.42. The Morgan fingerprint density at radius 1 is 1.42 bits per heavy atom. The van der Waals surface area contributed by atoms with Crippen LogP contribution in [0.4, 0.5) is 4.79 Å². The Morgan fingerprint density at radius 3 is 2.83 bits per heavy atom. The van der Waals surface area contributed by atoms with Crippen molar-refractivity contribution in [3.05, 3.63) is 33.4 Å². The third-order valence-electron chi connectivity index (χ3n) is 4.17. The average Bonchev–Trinajstić information content (AvgIpc) is 2.85. The van der Waals surface area contributed by atoms with Crippen LogP contribution in [0.15, 0.2) is 16.6 Å². The first-order valence-electron chi connectivity index (χ1n) is 8.05. The van der Waals surface area contributed by atoms with Crippen molar-refractivity contribution in [2.24, 2.45) is 0 Å². The molecule has 0 bridgehead atoms. The quantitative estimate of drug-likeness (QED) is 0.754. The molecule has 0 fully saturated rings. The summed E-state index contributed by atoms with van der Waals surface area (Å²) in [5.41, 5.74) is 3.31. The lowest BCUT2D eigenvalue weighted by atomic mass is 9.91. The second-order valence-electron chi connectivity index (χ2n) is 7.17. The van der Waals surface area contributed by atoms with E-state index in [-0.39, 0.29) is 12.1 Å². The highest BCUT2D eigenvalue weighted by Crippen LogP contribution is 2.35. The largest absolute Gasteiger partial charge is 0.444 e. The van der Waals surface area contributed by atoms with Gasteiger partial charge in [0.2, 0.25) is 0 Å². The normalized spacial score (nSPS) is 17.4. The molecule has 1 aliphatic carbocycles. The van der Waals surface area contributed by atoms with Gasteiger partial charge in [0.05, 0.1) is 5.52 Å². The zero-order chi connectivity index (χ0) is 17.5. The highest BCUT2D eigenvalue weighted by atomic mass is 79.9. The first-order chi connectivity index (χ1) is 11.3. The Morgan fingerprint density at radius 2 is 2.17 bits per heavy atom. The van der Waals surface area contributed by atoms with Gasteiger partial charge in [-0.25, -0.2) is 4.79 Å². The number of hydrogen-bond acceptors (Lipinski definition) is 3. The van der Waals surface area contributed by atoms with Crippen LogP contribution < -0.4 is 5.32 Å². The lowest BCUT2D eigenvalue weighted by Gasteiger charge is -2.26. The first-order valence-corrected chi connectivity index (χ1v) is 8.84. The van der Waals surface area contributed by atoms with Gasteiger partial charge < -0.3 is 15.0 Å². The van der Waals surface area contributed by atoms with Crippen LogP contribution in [-0.2, 0) is 17.6 Å². The molecule has 0 spiro atoms. The number of nitrogens with one attached hydrogen (secondary N) is 2. The lowest BCUT2D eigenvalue weighted by molar-refractivity contribution is 0.0500. The summed E-state index contributed by atoms with van der Waals surface area (Å²) < 4.78 is 6.30. The van der Waals surface area contributed by atoms with Gasteiger partial charge in [-0.05, 0) is 57.7 Å². The molecule has 1 unspecified atom stereocenters. The molecule has 2 aromatic rings. The number of amides is 1. The average molecular weight is 393 g/mol. The molecule has 1 heterocycles. The number of benzene rings is 1. The Balaban J connectivity index is 1.87. The van der Waals surface area contributed by atoms with Gasteiger partial charge in [0.25, 0.3) is 0 Å². The van der Waals surface area contributed by atoms with E-state index in [2.05, 4.69) is 26.2 Å². The molecule has 6 heteroatoms. The molecule has 128 valence electrons. The third-order valence-corrected chi connectivity index (χ3v) is 4.83. The third kappa shape index (κ3) is 3.34. The fourth-order valence-electron chi connectivity index (χ4n) is 3.20. The number of aryl methyl sites for hydroxylation is 1. The standard InChI is InChI=1S/C18H21BrN2O3/c1-18(2,3)24-17(23)20-11-5-7-14-12(8-11)15-13(19)6-4-10(9-22)16(15)21-14/h4,6,9,11,21H,5,7-8H2,1-3H3,(H,20,23). The van der Waals surface area contributed by atoms with E-state index in [9.17, 15) is 9.59 Å². The van der Waals surface area contributed by atoms with Gasteiger partial charge in [0.1, 0.15) is 5.60 Å². The molecule has 2 N–H and O–H groups in total. The van der Waals surface area contributed by atoms with Gasteiger partial charge in [-0.15, -0.1) is 0 Å². The van der Waals surface area contributed by atoms with E-state index in [0.29, 0.717) is 5.56 Å². The van der Waals surface area contributed by atoms with E-state index in [1.54, 1.807) is 6.07 Å². The Bertz CT molecular complexity index is 805. The maximum atomic E-state index is 12.0. The van der Waals surface area contributed by atoms with Crippen molar-refractivity contribution < 1.29 is 14.3 Å². The van der Waals surface area contributed by atoms with Crippen molar-refractivity contribution in [2.45, 2.75) is 51.7 Å². The molecule has 1 aromatic heterocycles. The maximum absolute atomic E-state index is 12.0. The molecule has 1 aliphatic rings. The highest BCUT2D eigenvalue weighted by molar-refractivity contribution is 9.10. The number of alkyl carbamates (subject to hydrolysis) is 1. The molecular weight excluding hydrogens is 372 g/mol. The van der Waals surface area contributed by atoms with Crippen molar-refractivity contribution in [3.8, 4) is 0 Å². The number of hydrogen-bond donors (Lipinski definition) is 2. The number of fused-ring (bicyclic) bond motifs is 3. The fourth-order valence-corrected chi connectivity index (χ4v) is 3.77. The van der Waals surface area contributed by atoms with Crippen LogP contribution in [0.5, 0.6) is 0 Å². The second-order valence-corrected chi connectivity index (χ2v) is 8.03.